The smallest absolute Gasteiger partial charge is 0.221 e. The largest absolute Gasteiger partial charge is 0.382 e. The highest BCUT2D eigenvalue weighted by atomic mass is 19.1. The molecule has 0 aromatic heterocycles. The summed E-state index contributed by atoms with van der Waals surface area (Å²) in [6.45, 7) is 3.60. The van der Waals surface area contributed by atoms with Crippen LogP contribution in [0.1, 0.15) is 39.5 Å². The lowest BCUT2D eigenvalue weighted by molar-refractivity contribution is -0.114. The van der Waals surface area contributed by atoms with Crippen LogP contribution in [0.15, 0.2) is 18.2 Å². The average molecular weight is 264 g/mol. The van der Waals surface area contributed by atoms with Gasteiger partial charge in [-0.05, 0) is 43.4 Å². The number of nitrogens with one attached hydrogen (secondary N) is 2. The molecule has 1 saturated carbocycles. The van der Waals surface area contributed by atoms with Gasteiger partial charge in [-0.3, -0.25) is 4.79 Å². The number of carbonyl (C=O) groups excluding carboxylic acids is 1. The van der Waals surface area contributed by atoms with Crippen LogP contribution in [0, 0.1) is 11.7 Å². The Morgan fingerprint density at radius 2 is 2.21 bits per heavy atom. The summed E-state index contributed by atoms with van der Waals surface area (Å²) in [7, 11) is 0. The SMILES string of the molecule is CCC1CCC(Nc2ccc(F)c(NC(C)=O)c2)C1. The summed E-state index contributed by atoms with van der Waals surface area (Å²) in [5.41, 5.74) is 1.11. The van der Waals surface area contributed by atoms with Crippen LogP contribution in [0.4, 0.5) is 15.8 Å². The van der Waals surface area contributed by atoms with Gasteiger partial charge in [0.1, 0.15) is 5.82 Å². The molecule has 2 atom stereocenters. The fourth-order valence-electron chi connectivity index (χ4n) is 2.71. The lowest BCUT2D eigenvalue weighted by atomic mass is 10.1. The second kappa shape index (κ2) is 6.04. The molecular formula is C15H21FN2O. The van der Waals surface area contributed by atoms with E-state index in [0.29, 0.717) is 6.04 Å². The predicted octanol–water partition coefficient (Wildman–Crippen LogP) is 3.77. The van der Waals surface area contributed by atoms with Crippen molar-refractivity contribution in [2.75, 3.05) is 10.6 Å². The van der Waals surface area contributed by atoms with E-state index in [1.807, 2.05) is 0 Å². The average Bonchev–Trinajstić information content (AvgIpc) is 2.80. The molecule has 1 aliphatic carbocycles. The van der Waals surface area contributed by atoms with E-state index in [1.54, 1.807) is 12.1 Å². The lowest BCUT2D eigenvalue weighted by Gasteiger charge is -2.15. The minimum atomic E-state index is -0.404. The van der Waals surface area contributed by atoms with Gasteiger partial charge < -0.3 is 10.6 Å². The lowest BCUT2D eigenvalue weighted by Crippen LogP contribution is -2.16. The van der Waals surface area contributed by atoms with E-state index in [-0.39, 0.29) is 11.6 Å². The third-order valence-electron chi connectivity index (χ3n) is 3.77. The molecule has 0 bridgehead atoms. The van der Waals surface area contributed by atoms with Gasteiger partial charge >= 0.3 is 0 Å². The summed E-state index contributed by atoms with van der Waals surface area (Å²) in [6, 6.07) is 5.23. The zero-order chi connectivity index (χ0) is 13.8. The molecule has 104 valence electrons. The number of hydrogen-bond acceptors (Lipinski definition) is 2. The maximum absolute atomic E-state index is 13.5. The van der Waals surface area contributed by atoms with Crippen molar-refractivity contribution >= 4 is 17.3 Å². The third kappa shape index (κ3) is 3.69. The van der Waals surface area contributed by atoms with Gasteiger partial charge in [-0.15, -0.1) is 0 Å². The molecule has 1 aromatic rings. The Bertz CT molecular complexity index is 461. The van der Waals surface area contributed by atoms with Crippen molar-refractivity contribution in [3.63, 3.8) is 0 Å². The number of hydrogen-bond donors (Lipinski definition) is 2. The van der Waals surface area contributed by atoms with Gasteiger partial charge in [0.05, 0.1) is 5.69 Å². The second-order valence-electron chi connectivity index (χ2n) is 5.30. The van der Waals surface area contributed by atoms with E-state index in [2.05, 4.69) is 17.6 Å². The van der Waals surface area contributed by atoms with Crippen molar-refractivity contribution < 1.29 is 9.18 Å². The molecule has 3 nitrogen and oxygen atoms in total. The monoisotopic (exact) mass is 264 g/mol. The molecule has 0 spiro atoms. The summed E-state index contributed by atoms with van der Waals surface area (Å²) < 4.78 is 13.5. The van der Waals surface area contributed by atoms with E-state index in [4.69, 9.17) is 0 Å². The molecule has 2 unspecified atom stereocenters. The molecule has 0 saturated heterocycles. The summed E-state index contributed by atoms with van der Waals surface area (Å²) in [4.78, 5) is 11.0. The Labute approximate surface area is 113 Å². The minimum absolute atomic E-state index is 0.238. The van der Waals surface area contributed by atoms with Crippen molar-refractivity contribution in [2.45, 2.75) is 45.6 Å². The first-order chi connectivity index (χ1) is 9.08. The van der Waals surface area contributed by atoms with E-state index in [0.717, 1.165) is 18.0 Å². The number of rotatable bonds is 4. The van der Waals surface area contributed by atoms with Gasteiger partial charge in [-0.2, -0.15) is 0 Å². The van der Waals surface area contributed by atoms with E-state index >= 15 is 0 Å². The maximum Gasteiger partial charge on any atom is 0.221 e. The van der Waals surface area contributed by atoms with Crippen LogP contribution in [0.25, 0.3) is 0 Å². The highest BCUT2D eigenvalue weighted by Crippen LogP contribution is 2.31. The van der Waals surface area contributed by atoms with Crippen LogP contribution in [-0.2, 0) is 4.79 Å². The Balaban J connectivity index is 2.03. The summed E-state index contributed by atoms with van der Waals surface area (Å²) in [5.74, 6) is 0.134. The number of carbonyl (C=O) groups is 1. The summed E-state index contributed by atoms with van der Waals surface area (Å²) in [5, 5.41) is 5.93. The first-order valence-corrected chi connectivity index (χ1v) is 6.92. The molecule has 4 heteroatoms. The van der Waals surface area contributed by atoms with Crippen LogP contribution < -0.4 is 10.6 Å². The Morgan fingerprint density at radius 1 is 1.42 bits per heavy atom. The zero-order valence-electron chi connectivity index (χ0n) is 11.5. The molecule has 1 amide bonds. The third-order valence-corrected chi connectivity index (χ3v) is 3.77. The molecule has 0 radical (unpaired) electrons. The van der Waals surface area contributed by atoms with Gasteiger partial charge in [0.2, 0.25) is 5.91 Å². The van der Waals surface area contributed by atoms with Crippen molar-refractivity contribution in [1.82, 2.24) is 0 Å². The van der Waals surface area contributed by atoms with Gasteiger partial charge in [0.25, 0.3) is 0 Å². The first kappa shape index (κ1) is 13.8. The fraction of sp³-hybridized carbons (Fsp3) is 0.533. The van der Waals surface area contributed by atoms with Crippen molar-refractivity contribution in [3.05, 3.63) is 24.0 Å². The first-order valence-electron chi connectivity index (χ1n) is 6.92. The number of anilines is 2. The van der Waals surface area contributed by atoms with Gasteiger partial charge in [0.15, 0.2) is 0 Å². The second-order valence-corrected chi connectivity index (χ2v) is 5.30. The van der Waals surface area contributed by atoms with Crippen LogP contribution in [0.3, 0.4) is 0 Å². The highest BCUT2D eigenvalue weighted by molar-refractivity contribution is 5.89. The minimum Gasteiger partial charge on any atom is -0.382 e. The van der Waals surface area contributed by atoms with Crippen LogP contribution in [-0.4, -0.2) is 11.9 Å². The molecule has 0 heterocycles. The van der Waals surface area contributed by atoms with Gasteiger partial charge in [-0.1, -0.05) is 13.3 Å². The maximum atomic E-state index is 13.5. The normalized spacial score (nSPS) is 22.3. The van der Waals surface area contributed by atoms with Gasteiger partial charge in [0, 0.05) is 18.7 Å². The van der Waals surface area contributed by atoms with Crippen LogP contribution in [0.5, 0.6) is 0 Å². The molecule has 1 aromatic carbocycles. The number of amides is 1. The zero-order valence-corrected chi connectivity index (χ0v) is 11.5. The van der Waals surface area contributed by atoms with Gasteiger partial charge in [-0.25, -0.2) is 4.39 Å². The van der Waals surface area contributed by atoms with Crippen molar-refractivity contribution in [2.24, 2.45) is 5.92 Å². The Morgan fingerprint density at radius 3 is 2.84 bits per heavy atom. The van der Waals surface area contributed by atoms with E-state index < -0.39 is 5.82 Å². The Hall–Kier alpha value is -1.58. The quantitative estimate of drug-likeness (QED) is 0.869. The van der Waals surface area contributed by atoms with E-state index in [1.165, 1.54) is 32.3 Å². The predicted molar refractivity (Wildman–Crippen MR) is 75.7 cm³/mol. The molecular weight excluding hydrogens is 243 g/mol. The fourth-order valence-corrected chi connectivity index (χ4v) is 2.71. The summed E-state index contributed by atoms with van der Waals surface area (Å²) in [6.07, 6.45) is 4.81. The molecule has 19 heavy (non-hydrogen) atoms. The van der Waals surface area contributed by atoms with Crippen LogP contribution in [0.2, 0.25) is 0 Å². The molecule has 2 rings (SSSR count). The van der Waals surface area contributed by atoms with Crippen molar-refractivity contribution in [1.29, 1.82) is 0 Å². The molecule has 0 aliphatic heterocycles. The Kier molecular flexibility index (Phi) is 4.40. The highest BCUT2D eigenvalue weighted by Gasteiger charge is 2.23. The molecule has 1 fully saturated rings. The number of benzene rings is 1. The standard InChI is InChI=1S/C15H21FN2O/c1-3-11-4-5-12(8-11)18-13-6-7-14(16)15(9-13)17-10(2)19/h6-7,9,11-12,18H,3-5,8H2,1-2H3,(H,17,19). The summed E-state index contributed by atoms with van der Waals surface area (Å²) >= 11 is 0. The molecule has 2 N–H and O–H groups in total. The number of halogens is 1. The van der Waals surface area contributed by atoms with Crippen LogP contribution >= 0.6 is 0 Å². The van der Waals surface area contributed by atoms with E-state index in [9.17, 15) is 9.18 Å². The molecule has 1 aliphatic rings. The van der Waals surface area contributed by atoms with Crippen molar-refractivity contribution in [3.8, 4) is 0 Å². The topological polar surface area (TPSA) is 41.1 Å².